The lowest BCUT2D eigenvalue weighted by Crippen LogP contribution is -2.44. The molecule has 2 aromatic rings. The summed E-state index contributed by atoms with van der Waals surface area (Å²) in [6, 6.07) is 8.38. The number of aryl methyl sites for hydroxylation is 1. The highest BCUT2D eigenvalue weighted by Crippen LogP contribution is 2.41. The van der Waals surface area contributed by atoms with Crippen molar-refractivity contribution < 1.29 is 4.74 Å². The third-order valence-corrected chi connectivity index (χ3v) is 5.80. The highest BCUT2D eigenvalue weighted by atomic mass is 32.1. The van der Waals surface area contributed by atoms with Gasteiger partial charge in [-0.15, -0.1) is 11.3 Å². The number of hydrogen-bond donors (Lipinski definition) is 0. The minimum atomic E-state index is 0.355. The van der Waals surface area contributed by atoms with Gasteiger partial charge in [-0.1, -0.05) is 13.3 Å². The maximum atomic E-state index is 6.09. The lowest BCUT2D eigenvalue weighted by molar-refractivity contribution is 0.0315. The van der Waals surface area contributed by atoms with Gasteiger partial charge in [0.2, 0.25) is 0 Å². The molecule has 0 spiro atoms. The predicted octanol–water partition coefficient (Wildman–Crippen LogP) is 4.48. The van der Waals surface area contributed by atoms with Crippen LogP contribution >= 0.6 is 11.3 Å². The van der Waals surface area contributed by atoms with Gasteiger partial charge in [0.25, 0.3) is 0 Å². The Labute approximate surface area is 143 Å². The average molecular weight is 330 g/mol. The van der Waals surface area contributed by atoms with Gasteiger partial charge in [0.1, 0.15) is 10.8 Å². The van der Waals surface area contributed by atoms with Crippen molar-refractivity contribution in [3.8, 4) is 16.3 Å². The van der Waals surface area contributed by atoms with Crippen LogP contribution < -0.4 is 4.74 Å². The zero-order chi connectivity index (χ0) is 16.3. The fraction of sp³-hybridized carbons (Fsp3) is 0.526. The van der Waals surface area contributed by atoms with Crippen molar-refractivity contribution in [3.05, 3.63) is 35.3 Å². The number of thiazole rings is 1. The van der Waals surface area contributed by atoms with Crippen molar-refractivity contribution >= 4 is 11.3 Å². The van der Waals surface area contributed by atoms with Crippen LogP contribution in [-0.2, 0) is 6.42 Å². The second-order valence-electron chi connectivity index (χ2n) is 6.89. The van der Waals surface area contributed by atoms with E-state index in [0.717, 1.165) is 30.3 Å². The summed E-state index contributed by atoms with van der Waals surface area (Å²) in [6.07, 6.45) is 6.92. The number of aromatic nitrogens is 1. The van der Waals surface area contributed by atoms with Crippen LogP contribution in [0.25, 0.3) is 10.6 Å². The van der Waals surface area contributed by atoms with E-state index >= 15 is 0 Å². The van der Waals surface area contributed by atoms with Gasteiger partial charge in [-0.2, -0.15) is 0 Å². The third kappa shape index (κ3) is 3.93. The normalized spacial score (nSPS) is 16.3. The van der Waals surface area contributed by atoms with Crippen LogP contribution in [0.4, 0.5) is 0 Å². The Kier molecular flexibility index (Phi) is 5.02. The topological polar surface area (TPSA) is 25.4 Å². The second-order valence-corrected chi connectivity index (χ2v) is 8.00. The summed E-state index contributed by atoms with van der Waals surface area (Å²) in [7, 11) is 4.29. The van der Waals surface area contributed by atoms with Crippen LogP contribution in [-0.4, -0.2) is 37.1 Å². The molecule has 1 aromatic heterocycles. The molecule has 0 unspecified atom stereocenters. The highest BCUT2D eigenvalue weighted by Gasteiger charge is 2.38. The first-order valence-corrected chi connectivity index (χ1v) is 9.24. The molecule has 1 aliphatic carbocycles. The summed E-state index contributed by atoms with van der Waals surface area (Å²) in [5.74, 6) is 0.964. The maximum Gasteiger partial charge on any atom is 0.123 e. The molecule has 124 valence electrons. The molecule has 1 heterocycles. The van der Waals surface area contributed by atoms with Crippen LogP contribution in [0.1, 0.15) is 31.1 Å². The Morgan fingerprint density at radius 2 is 1.96 bits per heavy atom. The Morgan fingerprint density at radius 3 is 2.48 bits per heavy atom. The van der Waals surface area contributed by atoms with Crippen LogP contribution in [0.15, 0.2) is 30.5 Å². The Bertz CT molecular complexity index is 629. The molecule has 0 saturated heterocycles. The van der Waals surface area contributed by atoms with E-state index in [2.05, 4.69) is 55.2 Å². The molecule has 3 rings (SSSR count). The second kappa shape index (κ2) is 7.02. The van der Waals surface area contributed by atoms with Gasteiger partial charge in [0, 0.05) is 28.6 Å². The van der Waals surface area contributed by atoms with Gasteiger partial charge < -0.3 is 9.64 Å². The predicted molar refractivity (Wildman–Crippen MR) is 97.3 cm³/mol. The molecule has 1 fully saturated rings. The van der Waals surface area contributed by atoms with Gasteiger partial charge in [0.15, 0.2) is 0 Å². The van der Waals surface area contributed by atoms with E-state index in [0.29, 0.717) is 5.41 Å². The fourth-order valence-electron chi connectivity index (χ4n) is 3.23. The number of rotatable bonds is 7. The van der Waals surface area contributed by atoms with E-state index in [1.165, 1.54) is 29.7 Å². The van der Waals surface area contributed by atoms with Crippen molar-refractivity contribution in [1.29, 1.82) is 0 Å². The van der Waals surface area contributed by atoms with Crippen molar-refractivity contribution in [3.63, 3.8) is 0 Å². The molecule has 1 aromatic carbocycles. The van der Waals surface area contributed by atoms with Crippen molar-refractivity contribution in [2.24, 2.45) is 5.41 Å². The largest absolute Gasteiger partial charge is 0.493 e. The summed E-state index contributed by atoms with van der Waals surface area (Å²) in [6.45, 7) is 4.10. The van der Waals surface area contributed by atoms with E-state index in [1.807, 2.05) is 6.20 Å². The van der Waals surface area contributed by atoms with E-state index in [9.17, 15) is 0 Å². The van der Waals surface area contributed by atoms with Crippen molar-refractivity contribution in [2.45, 2.75) is 32.6 Å². The van der Waals surface area contributed by atoms with E-state index in [-0.39, 0.29) is 0 Å². The lowest BCUT2D eigenvalue weighted by atomic mass is 9.69. The van der Waals surface area contributed by atoms with E-state index < -0.39 is 0 Å². The summed E-state index contributed by atoms with van der Waals surface area (Å²) >= 11 is 1.77. The van der Waals surface area contributed by atoms with Crippen LogP contribution in [0.5, 0.6) is 5.75 Å². The molecule has 1 aliphatic rings. The Balaban J connectivity index is 1.61. The maximum absolute atomic E-state index is 6.09. The molecule has 3 nitrogen and oxygen atoms in total. The first-order chi connectivity index (χ1) is 11.1. The molecule has 0 radical (unpaired) electrons. The van der Waals surface area contributed by atoms with Gasteiger partial charge in [0.05, 0.1) is 6.61 Å². The standard InChI is InChI=1S/C19H26N2OS/c1-4-17-12-20-18(23-17)15-6-8-16(9-7-15)22-14-19(10-5-11-19)13-21(2)3/h6-9,12H,4-5,10-11,13-14H2,1-3H3. The number of hydrogen-bond acceptors (Lipinski definition) is 4. The molecule has 0 atom stereocenters. The number of benzene rings is 1. The first-order valence-electron chi connectivity index (χ1n) is 8.43. The summed E-state index contributed by atoms with van der Waals surface area (Å²) in [5.41, 5.74) is 1.53. The van der Waals surface area contributed by atoms with Crippen LogP contribution in [0.2, 0.25) is 0 Å². The SMILES string of the molecule is CCc1cnc(-c2ccc(OCC3(CN(C)C)CCC3)cc2)s1. The Hall–Kier alpha value is -1.39. The lowest BCUT2D eigenvalue weighted by Gasteiger charge is -2.43. The fourth-order valence-corrected chi connectivity index (χ4v) is 4.09. The average Bonchev–Trinajstić information content (AvgIpc) is 2.99. The quantitative estimate of drug-likeness (QED) is 0.748. The zero-order valence-electron chi connectivity index (χ0n) is 14.3. The highest BCUT2D eigenvalue weighted by molar-refractivity contribution is 7.15. The molecule has 23 heavy (non-hydrogen) atoms. The smallest absolute Gasteiger partial charge is 0.123 e. The van der Waals surface area contributed by atoms with Gasteiger partial charge in [-0.05, 0) is 57.6 Å². The first kappa shape index (κ1) is 16.5. The van der Waals surface area contributed by atoms with Gasteiger partial charge in [-0.25, -0.2) is 4.98 Å². The van der Waals surface area contributed by atoms with Crippen LogP contribution in [0, 0.1) is 5.41 Å². The summed E-state index contributed by atoms with van der Waals surface area (Å²) in [4.78, 5) is 8.11. The molecular formula is C19H26N2OS. The van der Waals surface area contributed by atoms with Gasteiger partial charge >= 0.3 is 0 Å². The molecule has 0 aliphatic heterocycles. The molecule has 0 amide bonds. The monoisotopic (exact) mass is 330 g/mol. The molecule has 4 heteroatoms. The third-order valence-electron chi connectivity index (χ3n) is 4.61. The Morgan fingerprint density at radius 1 is 1.22 bits per heavy atom. The van der Waals surface area contributed by atoms with E-state index in [4.69, 9.17) is 4.74 Å². The zero-order valence-corrected chi connectivity index (χ0v) is 15.2. The summed E-state index contributed by atoms with van der Waals surface area (Å²) in [5, 5.41) is 1.09. The van der Waals surface area contributed by atoms with Crippen molar-refractivity contribution in [1.82, 2.24) is 9.88 Å². The van der Waals surface area contributed by atoms with Gasteiger partial charge in [-0.3, -0.25) is 0 Å². The molecule has 1 saturated carbocycles. The molecule has 0 N–H and O–H groups in total. The minimum Gasteiger partial charge on any atom is -0.493 e. The molecular weight excluding hydrogens is 304 g/mol. The van der Waals surface area contributed by atoms with Crippen LogP contribution in [0.3, 0.4) is 0 Å². The number of nitrogens with zero attached hydrogens (tertiary/aromatic N) is 2. The molecule has 0 bridgehead atoms. The van der Waals surface area contributed by atoms with E-state index in [1.54, 1.807) is 11.3 Å². The van der Waals surface area contributed by atoms with Crippen molar-refractivity contribution in [2.75, 3.05) is 27.2 Å². The summed E-state index contributed by atoms with van der Waals surface area (Å²) < 4.78 is 6.09. The number of ether oxygens (including phenoxy) is 1. The minimum absolute atomic E-state index is 0.355.